The highest BCUT2D eigenvalue weighted by atomic mass is 32.2. The van der Waals surface area contributed by atoms with E-state index < -0.39 is 22.9 Å². The van der Waals surface area contributed by atoms with Gasteiger partial charge < -0.3 is 10.4 Å². The number of aromatic hydroxyl groups is 1. The van der Waals surface area contributed by atoms with Gasteiger partial charge in [0.25, 0.3) is 5.91 Å². The monoisotopic (exact) mass is 367 g/mol. The molecule has 0 aromatic heterocycles. The van der Waals surface area contributed by atoms with Crippen molar-refractivity contribution in [2.24, 2.45) is 5.92 Å². The zero-order chi connectivity index (χ0) is 18.1. The molecule has 2 heterocycles. The van der Waals surface area contributed by atoms with Crippen LogP contribution in [0, 0.1) is 11.7 Å². The van der Waals surface area contributed by atoms with Crippen LogP contribution in [0.2, 0.25) is 0 Å². The topological polar surface area (TPSA) is 81.7 Å². The van der Waals surface area contributed by atoms with Crippen molar-refractivity contribution in [1.82, 2.24) is 10.0 Å². The first kappa shape index (κ1) is 17.9. The lowest BCUT2D eigenvalue weighted by Gasteiger charge is -2.26. The number of nitrogens with one attached hydrogen (secondary N) is 2. The number of anilines is 1. The maximum Gasteiger partial charge on any atom is 0.253 e. The van der Waals surface area contributed by atoms with Crippen LogP contribution >= 0.6 is 0 Å². The van der Waals surface area contributed by atoms with Gasteiger partial charge in [-0.15, -0.1) is 0 Å². The molecule has 3 rings (SSSR count). The number of phenols is 1. The molecule has 1 aromatic rings. The van der Waals surface area contributed by atoms with Crippen LogP contribution in [0.15, 0.2) is 18.2 Å². The SMILES string of the molecule is CC(C)CC1CC=C(c2ccc(O)c(N3CC(=O)NS3=O)c2F)CN1. The first-order valence-corrected chi connectivity index (χ1v) is 9.40. The number of carbonyl (C=O) groups excluding carboxylic acids is 1. The third kappa shape index (κ3) is 3.69. The Hall–Kier alpha value is -1.93. The van der Waals surface area contributed by atoms with Crippen molar-refractivity contribution < 1.29 is 18.5 Å². The summed E-state index contributed by atoms with van der Waals surface area (Å²) in [6.07, 6.45) is 3.86. The molecule has 1 amide bonds. The van der Waals surface area contributed by atoms with Crippen molar-refractivity contribution >= 4 is 28.3 Å². The normalized spacial score (nSPS) is 23.8. The Balaban J connectivity index is 1.89. The predicted octanol–water partition coefficient (Wildman–Crippen LogP) is 1.84. The van der Waals surface area contributed by atoms with E-state index in [1.165, 1.54) is 12.1 Å². The zero-order valence-corrected chi connectivity index (χ0v) is 15.0. The summed E-state index contributed by atoms with van der Waals surface area (Å²) in [7, 11) is 0. The number of benzene rings is 1. The summed E-state index contributed by atoms with van der Waals surface area (Å²) in [5.41, 5.74) is 0.932. The van der Waals surface area contributed by atoms with Gasteiger partial charge in [0, 0.05) is 18.2 Å². The van der Waals surface area contributed by atoms with Crippen molar-refractivity contribution in [2.45, 2.75) is 32.7 Å². The van der Waals surface area contributed by atoms with E-state index in [4.69, 9.17) is 0 Å². The average molecular weight is 367 g/mol. The van der Waals surface area contributed by atoms with Crippen LogP contribution in [0.3, 0.4) is 0 Å². The second-order valence-electron chi connectivity index (χ2n) is 6.78. The Morgan fingerprint density at radius 3 is 2.76 bits per heavy atom. The standard InChI is InChI=1S/C17H22FN3O3S/c1-10(2)7-12-4-3-11(8-19-12)13-5-6-14(22)17(16(13)18)21-9-15(23)20-25(21)24/h3,5-6,10,12,19,22H,4,7-9H2,1-2H3,(H,20,23). The zero-order valence-electron chi connectivity index (χ0n) is 14.2. The van der Waals surface area contributed by atoms with Crippen LogP contribution in [0.5, 0.6) is 5.75 Å². The molecule has 0 bridgehead atoms. The molecule has 136 valence electrons. The Morgan fingerprint density at radius 1 is 1.44 bits per heavy atom. The second kappa shape index (κ2) is 7.13. The van der Waals surface area contributed by atoms with E-state index >= 15 is 4.39 Å². The molecule has 2 unspecified atom stereocenters. The second-order valence-corrected chi connectivity index (χ2v) is 7.92. The van der Waals surface area contributed by atoms with Crippen LogP contribution in [0.25, 0.3) is 5.57 Å². The Morgan fingerprint density at radius 2 is 2.20 bits per heavy atom. The minimum Gasteiger partial charge on any atom is -0.506 e. The van der Waals surface area contributed by atoms with Crippen molar-refractivity contribution in [3.8, 4) is 5.75 Å². The Bertz CT molecular complexity index is 751. The Labute approximate surface area is 148 Å². The number of amides is 1. The van der Waals surface area contributed by atoms with Crippen LogP contribution in [0.1, 0.15) is 32.3 Å². The minimum atomic E-state index is -1.89. The van der Waals surface area contributed by atoms with Gasteiger partial charge in [-0.3, -0.25) is 13.8 Å². The number of hydrogen-bond acceptors (Lipinski definition) is 4. The van der Waals surface area contributed by atoms with Gasteiger partial charge in [-0.25, -0.2) is 8.60 Å². The summed E-state index contributed by atoms with van der Waals surface area (Å²) >= 11 is -1.89. The highest BCUT2D eigenvalue weighted by Gasteiger charge is 2.32. The predicted molar refractivity (Wildman–Crippen MR) is 95.5 cm³/mol. The van der Waals surface area contributed by atoms with E-state index in [-0.39, 0.29) is 18.0 Å². The molecule has 1 aromatic carbocycles. The summed E-state index contributed by atoms with van der Waals surface area (Å²) in [6.45, 7) is 4.60. The van der Waals surface area contributed by atoms with Crippen molar-refractivity contribution in [3.05, 3.63) is 29.6 Å². The smallest absolute Gasteiger partial charge is 0.253 e. The molecule has 0 saturated carbocycles. The fraction of sp³-hybridized carbons (Fsp3) is 0.471. The molecule has 2 aliphatic heterocycles. The fourth-order valence-electron chi connectivity index (χ4n) is 3.22. The molecule has 3 N–H and O–H groups in total. The first-order valence-electron chi connectivity index (χ1n) is 8.30. The van der Waals surface area contributed by atoms with E-state index in [1.807, 2.05) is 6.08 Å². The lowest BCUT2D eigenvalue weighted by molar-refractivity contribution is -0.117. The molecule has 25 heavy (non-hydrogen) atoms. The third-order valence-electron chi connectivity index (χ3n) is 4.36. The lowest BCUT2D eigenvalue weighted by Crippen LogP contribution is -2.34. The molecule has 0 aliphatic carbocycles. The average Bonchev–Trinajstić information content (AvgIpc) is 2.86. The van der Waals surface area contributed by atoms with Gasteiger partial charge >= 0.3 is 0 Å². The first-order chi connectivity index (χ1) is 11.9. The number of rotatable bonds is 4. The number of phenolic OH excluding ortho intramolecular Hbond substituents is 1. The number of hydrogen-bond donors (Lipinski definition) is 3. The largest absolute Gasteiger partial charge is 0.506 e. The molecular weight excluding hydrogens is 345 g/mol. The molecule has 0 spiro atoms. The molecule has 6 nitrogen and oxygen atoms in total. The minimum absolute atomic E-state index is 0.209. The van der Waals surface area contributed by atoms with Gasteiger partial charge in [0.15, 0.2) is 5.82 Å². The summed E-state index contributed by atoms with van der Waals surface area (Å²) in [4.78, 5) is 11.4. The van der Waals surface area contributed by atoms with Crippen molar-refractivity contribution in [2.75, 3.05) is 17.4 Å². The summed E-state index contributed by atoms with van der Waals surface area (Å²) in [5, 5.41) is 13.4. The van der Waals surface area contributed by atoms with E-state index in [1.54, 1.807) is 0 Å². The van der Waals surface area contributed by atoms with Crippen LogP contribution in [-0.2, 0) is 16.0 Å². The van der Waals surface area contributed by atoms with Crippen LogP contribution in [0.4, 0.5) is 10.1 Å². The number of nitrogens with zero attached hydrogens (tertiary/aromatic N) is 1. The van der Waals surface area contributed by atoms with Gasteiger partial charge in [-0.05, 0) is 36.5 Å². The van der Waals surface area contributed by atoms with Crippen molar-refractivity contribution in [3.63, 3.8) is 0 Å². The molecule has 1 fully saturated rings. The quantitative estimate of drug-likeness (QED) is 0.758. The highest BCUT2D eigenvalue weighted by molar-refractivity contribution is 7.85. The number of halogens is 1. The third-order valence-corrected chi connectivity index (χ3v) is 5.48. The summed E-state index contributed by atoms with van der Waals surface area (Å²) in [6, 6.07) is 3.25. The molecule has 2 atom stereocenters. The molecule has 2 aliphatic rings. The molecule has 1 saturated heterocycles. The maximum atomic E-state index is 15.0. The van der Waals surface area contributed by atoms with E-state index in [2.05, 4.69) is 23.9 Å². The van der Waals surface area contributed by atoms with Gasteiger partial charge in [0.2, 0.25) is 11.2 Å². The van der Waals surface area contributed by atoms with Crippen molar-refractivity contribution in [1.29, 1.82) is 0 Å². The van der Waals surface area contributed by atoms with Gasteiger partial charge in [0.05, 0.1) is 0 Å². The fourth-order valence-corrected chi connectivity index (χ4v) is 4.17. The van der Waals surface area contributed by atoms with E-state index in [9.17, 15) is 14.1 Å². The summed E-state index contributed by atoms with van der Waals surface area (Å²) in [5.74, 6) is -0.898. The molecular formula is C17H22FN3O3S. The van der Waals surface area contributed by atoms with Crippen LogP contribution < -0.4 is 14.3 Å². The summed E-state index contributed by atoms with van der Waals surface area (Å²) < 4.78 is 30.2. The van der Waals surface area contributed by atoms with Crippen LogP contribution in [-0.4, -0.2) is 34.4 Å². The van der Waals surface area contributed by atoms with Gasteiger partial charge in [-0.2, -0.15) is 0 Å². The van der Waals surface area contributed by atoms with Gasteiger partial charge in [-0.1, -0.05) is 19.9 Å². The van der Waals surface area contributed by atoms with Gasteiger partial charge in [0.1, 0.15) is 18.0 Å². The lowest BCUT2D eigenvalue weighted by atomic mass is 9.93. The highest BCUT2D eigenvalue weighted by Crippen LogP contribution is 2.37. The molecule has 8 heteroatoms. The Kier molecular flexibility index (Phi) is 5.10. The molecule has 0 radical (unpaired) electrons. The number of carbonyl (C=O) groups is 1. The van der Waals surface area contributed by atoms with E-state index in [0.29, 0.717) is 24.1 Å². The van der Waals surface area contributed by atoms with E-state index in [0.717, 1.165) is 22.7 Å². The maximum absolute atomic E-state index is 15.0.